The molecule has 0 unspecified atom stereocenters. The van der Waals surface area contributed by atoms with Gasteiger partial charge < -0.3 is 0 Å². The first kappa shape index (κ1) is 15.3. The van der Waals surface area contributed by atoms with Gasteiger partial charge in [0.25, 0.3) is 25.9 Å². The van der Waals surface area contributed by atoms with Gasteiger partial charge in [0.2, 0.25) is 0 Å². The molecule has 11 heteroatoms. The Kier molecular flexibility index (Phi) is 3.45. The summed E-state index contributed by atoms with van der Waals surface area (Å²) in [5.74, 6) is 0. The molecule has 0 fully saturated rings. The van der Waals surface area contributed by atoms with Gasteiger partial charge in [0.05, 0.1) is 15.2 Å². The summed E-state index contributed by atoms with van der Waals surface area (Å²) < 4.78 is 62.2. The molecule has 2 N–H and O–H groups in total. The molecule has 2 aromatic rings. The highest BCUT2D eigenvalue weighted by atomic mass is 32.2. The summed E-state index contributed by atoms with van der Waals surface area (Å²) in [5.41, 5.74) is -0.623. The minimum atomic E-state index is -4.72. The predicted octanol–water partition coefficient (Wildman–Crippen LogP) is 1.24. The van der Waals surface area contributed by atoms with Crippen LogP contribution in [0.15, 0.2) is 40.1 Å². The Labute approximate surface area is 118 Å². The first-order valence-corrected chi connectivity index (χ1v) is 8.05. The summed E-state index contributed by atoms with van der Waals surface area (Å²) >= 11 is 0. The van der Waals surface area contributed by atoms with E-state index in [4.69, 9.17) is 9.11 Å². The lowest BCUT2D eigenvalue weighted by molar-refractivity contribution is -0.383. The molecule has 0 aliphatic heterocycles. The number of hydrogen-bond donors (Lipinski definition) is 2. The molecular weight excluding hydrogens is 326 g/mol. The molecule has 2 aromatic carbocycles. The number of non-ortho nitro benzene ring substituents is 1. The number of fused-ring (bicyclic) bond motifs is 1. The molecule has 0 saturated heterocycles. The van der Waals surface area contributed by atoms with Gasteiger partial charge in [-0.15, -0.1) is 0 Å². The standard InChI is InChI=1S/C10H7NO8S2/c12-11(13)10-5-8(21(17,18)19)4-6-3-7(20(14,15)16)1-2-9(6)10/h1-5H,(H,14,15,16)(H,17,18,19). The molecule has 0 atom stereocenters. The van der Waals surface area contributed by atoms with Gasteiger partial charge in [-0.1, -0.05) is 0 Å². The summed E-state index contributed by atoms with van der Waals surface area (Å²) in [6, 6.07) is 4.39. The Morgan fingerprint density at radius 2 is 1.43 bits per heavy atom. The number of nitro groups is 1. The van der Waals surface area contributed by atoms with Crippen LogP contribution in [0, 0.1) is 10.1 Å². The molecule has 0 saturated carbocycles. The summed E-state index contributed by atoms with van der Waals surface area (Å²) in [4.78, 5) is 8.75. The maximum Gasteiger partial charge on any atom is 0.294 e. The second kappa shape index (κ2) is 4.73. The lowest BCUT2D eigenvalue weighted by Gasteiger charge is -2.04. The second-order valence-electron chi connectivity index (χ2n) is 4.03. The van der Waals surface area contributed by atoms with E-state index in [0.29, 0.717) is 6.07 Å². The molecule has 112 valence electrons. The smallest absolute Gasteiger partial charge is 0.282 e. The third-order valence-corrected chi connectivity index (χ3v) is 4.35. The third kappa shape index (κ3) is 3.00. The van der Waals surface area contributed by atoms with Crippen LogP contribution < -0.4 is 0 Å². The van der Waals surface area contributed by atoms with Crippen molar-refractivity contribution in [2.24, 2.45) is 0 Å². The van der Waals surface area contributed by atoms with E-state index in [-0.39, 0.29) is 10.8 Å². The van der Waals surface area contributed by atoms with E-state index < -0.39 is 40.6 Å². The van der Waals surface area contributed by atoms with Crippen molar-refractivity contribution in [1.29, 1.82) is 0 Å². The largest absolute Gasteiger partial charge is 0.294 e. The van der Waals surface area contributed by atoms with Gasteiger partial charge in [-0.2, -0.15) is 16.8 Å². The zero-order valence-electron chi connectivity index (χ0n) is 9.99. The number of rotatable bonds is 3. The highest BCUT2D eigenvalue weighted by Crippen LogP contribution is 2.31. The fourth-order valence-corrected chi connectivity index (χ4v) is 2.81. The average Bonchev–Trinajstić information content (AvgIpc) is 2.34. The van der Waals surface area contributed by atoms with E-state index in [1.54, 1.807) is 0 Å². The van der Waals surface area contributed by atoms with Gasteiger partial charge >= 0.3 is 0 Å². The molecule has 2 rings (SSSR count). The van der Waals surface area contributed by atoms with Crippen molar-refractivity contribution in [2.45, 2.75) is 9.79 Å². The topological polar surface area (TPSA) is 152 Å². The van der Waals surface area contributed by atoms with Gasteiger partial charge in [0, 0.05) is 6.07 Å². The minimum absolute atomic E-state index is 0.0419. The average molecular weight is 333 g/mol. The Hall–Kier alpha value is -2.08. The van der Waals surface area contributed by atoms with Crippen LogP contribution in [0.2, 0.25) is 0 Å². The van der Waals surface area contributed by atoms with E-state index >= 15 is 0 Å². The normalized spacial score (nSPS) is 12.5. The van der Waals surface area contributed by atoms with Crippen molar-refractivity contribution in [2.75, 3.05) is 0 Å². The monoisotopic (exact) mass is 333 g/mol. The van der Waals surface area contributed by atoms with Crippen molar-refractivity contribution < 1.29 is 30.9 Å². The minimum Gasteiger partial charge on any atom is -0.282 e. The van der Waals surface area contributed by atoms with Crippen LogP contribution in [0.1, 0.15) is 0 Å². The summed E-state index contributed by atoms with van der Waals surface area (Å²) in [7, 11) is -9.27. The predicted molar refractivity (Wildman–Crippen MR) is 70.2 cm³/mol. The molecule has 0 radical (unpaired) electrons. The number of hydrogen-bond acceptors (Lipinski definition) is 6. The maximum absolute atomic E-state index is 11.1. The quantitative estimate of drug-likeness (QED) is 0.483. The van der Waals surface area contributed by atoms with Crippen molar-refractivity contribution >= 4 is 36.7 Å². The Bertz CT molecular complexity index is 957. The lowest BCUT2D eigenvalue weighted by atomic mass is 10.1. The lowest BCUT2D eigenvalue weighted by Crippen LogP contribution is -2.02. The number of nitrogens with zero attached hydrogens (tertiary/aromatic N) is 1. The van der Waals surface area contributed by atoms with Gasteiger partial charge in [-0.25, -0.2) is 0 Å². The molecule has 0 bridgehead atoms. The number of nitro benzene ring substituents is 1. The summed E-state index contributed by atoms with van der Waals surface area (Å²) in [6.07, 6.45) is 0. The fraction of sp³-hybridized carbons (Fsp3) is 0. The first-order chi connectivity index (χ1) is 9.50. The van der Waals surface area contributed by atoms with Crippen molar-refractivity contribution in [1.82, 2.24) is 0 Å². The zero-order valence-corrected chi connectivity index (χ0v) is 11.6. The molecule has 0 aliphatic rings. The summed E-state index contributed by atoms with van der Waals surface area (Å²) in [5, 5.41) is 10.8. The van der Waals surface area contributed by atoms with Crippen LogP contribution in [0.4, 0.5) is 5.69 Å². The summed E-state index contributed by atoms with van der Waals surface area (Å²) in [6.45, 7) is 0. The Morgan fingerprint density at radius 3 is 1.90 bits per heavy atom. The SMILES string of the molecule is O=[N+]([O-])c1cc(S(=O)(=O)O)cc2cc(S(=O)(=O)O)ccc12. The van der Waals surface area contributed by atoms with Crippen LogP contribution in [0.3, 0.4) is 0 Å². The van der Waals surface area contributed by atoms with E-state index in [0.717, 1.165) is 24.3 Å². The van der Waals surface area contributed by atoms with Crippen LogP contribution in [0.25, 0.3) is 10.8 Å². The van der Waals surface area contributed by atoms with Crippen molar-refractivity contribution in [3.8, 4) is 0 Å². The zero-order chi connectivity index (χ0) is 16.0. The molecular formula is C10H7NO8S2. The molecule has 0 aromatic heterocycles. The van der Waals surface area contributed by atoms with Crippen LogP contribution in [0.5, 0.6) is 0 Å². The molecule has 9 nitrogen and oxygen atoms in total. The molecule has 0 heterocycles. The molecule has 0 amide bonds. The van der Waals surface area contributed by atoms with E-state index in [1.807, 2.05) is 0 Å². The molecule has 0 aliphatic carbocycles. The van der Waals surface area contributed by atoms with Gasteiger partial charge in [0.15, 0.2) is 0 Å². The van der Waals surface area contributed by atoms with Crippen LogP contribution in [-0.4, -0.2) is 30.9 Å². The van der Waals surface area contributed by atoms with Crippen molar-refractivity contribution in [3.63, 3.8) is 0 Å². The highest BCUT2D eigenvalue weighted by molar-refractivity contribution is 7.86. The molecule has 21 heavy (non-hydrogen) atoms. The fourth-order valence-electron chi connectivity index (χ4n) is 1.76. The van der Waals surface area contributed by atoms with E-state index in [2.05, 4.69) is 0 Å². The van der Waals surface area contributed by atoms with Crippen molar-refractivity contribution in [3.05, 3.63) is 40.4 Å². The van der Waals surface area contributed by atoms with Crippen LogP contribution in [-0.2, 0) is 20.2 Å². The first-order valence-electron chi connectivity index (χ1n) is 5.17. The number of benzene rings is 2. The van der Waals surface area contributed by atoms with Gasteiger partial charge in [-0.05, 0) is 29.7 Å². The highest BCUT2D eigenvalue weighted by Gasteiger charge is 2.21. The molecule has 0 spiro atoms. The maximum atomic E-state index is 11.1. The Balaban J connectivity index is 2.94. The third-order valence-electron chi connectivity index (χ3n) is 2.67. The van der Waals surface area contributed by atoms with Crippen LogP contribution >= 0.6 is 0 Å². The van der Waals surface area contributed by atoms with Gasteiger partial charge in [0.1, 0.15) is 4.90 Å². The second-order valence-corrected chi connectivity index (χ2v) is 6.88. The Morgan fingerprint density at radius 1 is 0.905 bits per heavy atom. The van der Waals surface area contributed by atoms with Gasteiger partial charge in [-0.3, -0.25) is 19.2 Å². The van der Waals surface area contributed by atoms with E-state index in [9.17, 15) is 26.9 Å². The van der Waals surface area contributed by atoms with E-state index in [1.165, 1.54) is 0 Å².